The first-order chi connectivity index (χ1) is 14.6. The van der Waals surface area contributed by atoms with Gasteiger partial charge in [0, 0.05) is 37.4 Å². The lowest BCUT2D eigenvalue weighted by atomic mass is 10.0. The molecule has 7 heteroatoms. The van der Waals surface area contributed by atoms with Crippen molar-refractivity contribution in [3.63, 3.8) is 0 Å². The number of fused-ring (bicyclic) bond motifs is 1. The van der Waals surface area contributed by atoms with Crippen molar-refractivity contribution in [1.29, 1.82) is 0 Å². The molecule has 6 nitrogen and oxygen atoms in total. The third-order valence-electron chi connectivity index (χ3n) is 6.05. The summed E-state index contributed by atoms with van der Waals surface area (Å²) in [5.41, 5.74) is 10.2. The van der Waals surface area contributed by atoms with Gasteiger partial charge in [0.2, 0.25) is 5.91 Å². The minimum Gasteiger partial charge on any atom is -0.368 e. The number of H-pyrrole nitrogens is 1. The molecule has 3 N–H and O–H groups in total. The predicted molar refractivity (Wildman–Crippen MR) is 124 cm³/mol. The molecule has 30 heavy (non-hydrogen) atoms. The fraction of sp³-hybridized carbons (Fsp3) is 0.391. The lowest BCUT2D eigenvalue weighted by molar-refractivity contribution is -0.119. The first-order valence-electron chi connectivity index (χ1n) is 10.6. The van der Waals surface area contributed by atoms with Crippen molar-refractivity contribution in [2.24, 2.45) is 11.7 Å². The molecule has 1 atom stereocenters. The minimum absolute atomic E-state index is 0.130. The number of nitrogens with zero attached hydrogens (tertiary/aromatic N) is 3. The highest BCUT2D eigenvalue weighted by Gasteiger charge is 2.36. The van der Waals surface area contributed by atoms with Gasteiger partial charge in [0.1, 0.15) is 5.65 Å². The molecular formula is C23H26BrN5O. The van der Waals surface area contributed by atoms with E-state index in [9.17, 15) is 4.79 Å². The molecule has 0 bridgehead atoms. The van der Waals surface area contributed by atoms with Crippen LogP contribution in [0.3, 0.4) is 0 Å². The fourth-order valence-electron chi connectivity index (χ4n) is 4.37. The predicted octanol–water partition coefficient (Wildman–Crippen LogP) is 4.20. The Kier molecular flexibility index (Phi) is 5.25. The van der Waals surface area contributed by atoms with Crippen molar-refractivity contribution in [2.45, 2.75) is 38.3 Å². The molecule has 0 unspecified atom stereocenters. The summed E-state index contributed by atoms with van der Waals surface area (Å²) in [4.78, 5) is 25.5. The van der Waals surface area contributed by atoms with Gasteiger partial charge in [0.15, 0.2) is 0 Å². The van der Waals surface area contributed by atoms with Crippen molar-refractivity contribution < 1.29 is 4.79 Å². The molecule has 1 amide bonds. The summed E-state index contributed by atoms with van der Waals surface area (Å²) in [6, 6.07) is 10.3. The maximum absolute atomic E-state index is 13.3. The molecule has 0 radical (unpaired) electrons. The first kappa shape index (κ1) is 19.6. The van der Waals surface area contributed by atoms with E-state index in [0.29, 0.717) is 6.54 Å². The second-order valence-electron chi connectivity index (χ2n) is 8.38. The second-order valence-corrected chi connectivity index (χ2v) is 9.24. The van der Waals surface area contributed by atoms with Crippen molar-refractivity contribution >= 4 is 44.2 Å². The van der Waals surface area contributed by atoms with E-state index in [0.717, 1.165) is 71.2 Å². The fourth-order valence-corrected chi connectivity index (χ4v) is 4.92. The maximum atomic E-state index is 13.3. The van der Waals surface area contributed by atoms with Gasteiger partial charge in [-0.3, -0.25) is 4.79 Å². The van der Waals surface area contributed by atoms with E-state index in [-0.39, 0.29) is 17.9 Å². The van der Waals surface area contributed by atoms with Crippen molar-refractivity contribution in [3.8, 4) is 0 Å². The Hall–Kier alpha value is -2.38. The summed E-state index contributed by atoms with van der Waals surface area (Å²) in [5.74, 6) is 0.326. The summed E-state index contributed by atoms with van der Waals surface area (Å²) >= 11 is 3.72. The normalized spacial score (nSPS) is 19.3. The summed E-state index contributed by atoms with van der Waals surface area (Å²) in [5, 5.41) is 0.989. The van der Waals surface area contributed by atoms with Gasteiger partial charge in [-0.15, -0.1) is 0 Å². The Morgan fingerprint density at radius 1 is 1.27 bits per heavy atom. The number of hydrogen-bond donors (Lipinski definition) is 2. The zero-order valence-corrected chi connectivity index (χ0v) is 18.4. The van der Waals surface area contributed by atoms with E-state index >= 15 is 0 Å². The topological polar surface area (TPSA) is 78.2 Å². The molecule has 3 aromatic rings. The highest BCUT2D eigenvalue weighted by molar-refractivity contribution is 9.10. The number of pyridine rings is 1. The van der Waals surface area contributed by atoms with Crippen LogP contribution in [0.1, 0.15) is 31.2 Å². The van der Waals surface area contributed by atoms with Crippen molar-refractivity contribution in [3.05, 3.63) is 52.8 Å². The van der Waals surface area contributed by atoms with E-state index in [4.69, 9.17) is 5.73 Å². The van der Waals surface area contributed by atoms with Crippen LogP contribution in [0.5, 0.6) is 0 Å². The van der Waals surface area contributed by atoms with Crippen LogP contribution in [0.4, 0.5) is 11.4 Å². The number of halogens is 1. The molecule has 2 aliphatic rings. The molecule has 1 aliphatic heterocycles. The van der Waals surface area contributed by atoms with Crippen molar-refractivity contribution in [2.75, 3.05) is 22.9 Å². The molecule has 2 fully saturated rings. The second kappa shape index (κ2) is 8.04. The van der Waals surface area contributed by atoms with E-state index in [1.165, 1.54) is 0 Å². The molecule has 1 aromatic carbocycles. The molecule has 1 saturated heterocycles. The molecule has 5 rings (SSSR count). The van der Waals surface area contributed by atoms with E-state index in [1.54, 1.807) is 0 Å². The lowest BCUT2D eigenvalue weighted by Gasteiger charge is -2.34. The van der Waals surface area contributed by atoms with Crippen LogP contribution in [0.2, 0.25) is 0 Å². The Labute approximate surface area is 184 Å². The number of nitrogens with one attached hydrogen (secondary N) is 1. The zero-order chi connectivity index (χ0) is 20.7. The molecule has 0 spiro atoms. The van der Waals surface area contributed by atoms with Crippen LogP contribution in [0.25, 0.3) is 11.0 Å². The summed E-state index contributed by atoms with van der Waals surface area (Å²) in [6.45, 7) is 2.30. The average Bonchev–Trinajstić information content (AvgIpc) is 3.52. The monoisotopic (exact) mass is 467 g/mol. The maximum Gasteiger partial charge on any atom is 0.230 e. The Morgan fingerprint density at radius 3 is 2.80 bits per heavy atom. The number of hydrogen-bond acceptors (Lipinski definition) is 4. The molecular weight excluding hydrogens is 442 g/mol. The summed E-state index contributed by atoms with van der Waals surface area (Å²) in [7, 11) is 0. The number of rotatable bonds is 5. The quantitative estimate of drug-likeness (QED) is 0.589. The minimum atomic E-state index is 0.130. The summed E-state index contributed by atoms with van der Waals surface area (Å²) < 4.78 is 0.934. The molecule has 1 saturated carbocycles. The third kappa shape index (κ3) is 3.72. The van der Waals surface area contributed by atoms with E-state index in [2.05, 4.69) is 42.9 Å². The van der Waals surface area contributed by atoms with Gasteiger partial charge >= 0.3 is 0 Å². The van der Waals surface area contributed by atoms with Crippen molar-refractivity contribution in [1.82, 2.24) is 9.97 Å². The highest BCUT2D eigenvalue weighted by Crippen LogP contribution is 2.42. The Bertz CT molecular complexity index is 1060. The van der Waals surface area contributed by atoms with Gasteiger partial charge in [-0.05, 0) is 47.2 Å². The van der Waals surface area contributed by atoms with Crippen LogP contribution in [0.15, 0.2) is 47.2 Å². The number of piperidine rings is 1. The smallest absolute Gasteiger partial charge is 0.230 e. The molecule has 156 valence electrons. The zero-order valence-electron chi connectivity index (χ0n) is 16.9. The number of benzene rings is 1. The van der Waals surface area contributed by atoms with Gasteiger partial charge in [0.05, 0.1) is 27.8 Å². The SMILES string of the molecule is N[C@@H]1CCCN(c2c(Br)cnc3[nH]cc(N(Cc4ccccc4)C(=O)C4CC4)c23)C1. The van der Waals surface area contributed by atoms with Crippen LogP contribution >= 0.6 is 15.9 Å². The average molecular weight is 468 g/mol. The van der Waals surface area contributed by atoms with E-state index < -0.39 is 0 Å². The summed E-state index contributed by atoms with van der Waals surface area (Å²) in [6.07, 6.45) is 7.82. The number of anilines is 2. The van der Waals surface area contributed by atoms with Gasteiger partial charge in [-0.1, -0.05) is 30.3 Å². The number of aromatic nitrogens is 2. The van der Waals surface area contributed by atoms with Crippen LogP contribution in [-0.4, -0.2) is 35.0 Å². The van der Waals surface area contributed by atoms with Gasteiger partial charge in [-0.25, -0.2) is 4.98 Å². The Morgan fingerprint density at radius 2 is 2.07 bits per heavy atom. The number of nitrogens with two attached hydrogens (primary N) is 1. The number of aromatic amines is 1. The molecule has 3 heterocycles. The highest BCUT2D eigenvalue weighted by atomic mass is 79.9. The van der Waals surface area contributed by atoms with Gasteiger partial charge < -0.3 is 20.5 Å². The largest absolute Gasteiger partial charge is 0.368 e. The third-order valence-corrected chi connectivity index (χ3v) is 6.63. The lowest BCUT2D eigenvalue weighted by Crippen LogP contribution is -2.43. The number of amides is 1. The first-order valence-corrected chi connectivity index (χ1v) is 11.4. The number of carbonyl (C=O) groups is 1. The molecule has 1 aliphatic carbocycles. The van der Waals surface area contributed by atoms with Crippen LogP contribution < -0.4 is 15.5 Å². The van der Waals surface area contributed by atoms with E-state index in [1.807, 2.05) is 35.5 Å². The van der Waals surface area contributed by atoms with Crippen LogP contribution in [-0.2, 0) is 11.3 Å². The van der Waals surface area contributed by atoms with Crippen LogP contribution in [0, 0.1) is 5.92 Å². The number of carbonyl (C=O) groups excluding carboxylic acids is 1. The standard InChI is InChI=1S/C23H26BrN5O/c24-18-11-26-22-20(21(18)28-10-4-7-17(25)14-28)19(12-27-22)29(23(30)16-8-9-16)13-15-5-2-1-3-6-15/h1-3,5-6,11-12,16-17H,4,7-10,13-14,25H2,(H,26,27)/t17-/m1/s1. The van der Waals surface area contributed by atoms with Gasteiger partial charge in [-0.2, -0.15) is 0 Å². The Balaban J connectivity index is 1.62. The molecule has 2 aromatic heterocycles. The van der Waals surface area contributed by atoms with Gasteiger partial charge in [0.25, 0.3) is 0 Å².